The molecule has 0 spiro atoms. The molecule has 0 fully saturated rings. The van der Waals surface area contributed by atoms with E-state index in [-0.39, 0.29) is 0 Å². The summed E-state index contributed by atoms with van der Waals surface area (Å²) >= 11 is 0. The zero-order valence-electron chi connectivity index (χ0n) is 13.5. The monoisotopic (exact) mass is 304 g/mol. The van der Waals surface area contributed by atoms with Crippen LogP contribution in [-0.4, -0.2) is 66.1 Å². The highest BCUT2D eigenvalue weighted by atomic mass is 16.6. The van der Waals surface area contributed by atoms with Crippen molar-refractivity contribution >= 4 is 0 Å². The Hall–Kier alpha value is -0.460. The van der Waals surface area contributed by atoms with Crippen molar-refractivity contribution in [3.63, 3.8) is 0 Å². The number of rotatable bonds is 18. The van der Waals surface area contributed by atoms with E-state index in [9.17, 15) is 0 Å². The Morgan fingerprint density at radius 1 is 0.619 bits per heavy atom. The Kier molecular flexibility index (Phi) is 19.1. The van der Waals surface area contributed by atoms with E-state index in [4.69, 9.17) is 23.7 Å². The van der Waals surface area contributed by atoms with Crippen LogP contribution in [0.4, 0.5) is 0 Å². The van der Waals surface area contributed by atoms with Crippen LogP contribution in [0.1, 0.15) is 26.2 Å². The molecule has 5 heteroatoms. The standard InChI is InChI=1S/C16H32O5/c1-3-5-6-8-18-10-12-20-14-16-21-15-13-19-11-9-17-7-4-2/h4H,2-3,5-16H2,1H3. The summed E-state index contributed by atoms with van der Waals surface area (Å²) in [6, 6.07) is 0. The second kappa shape index (κ2) is 19.5. The predicted molar refractivity (Wildman–Crippen MR) is 83.8 cm³/mol. The van der Waals surface area contributed by atoms with Gasteiger partial charge in [-0.3, -0.25) is 0 Å². The number of hydrogen-bond donors (Lipinski definition) is 0. The number of unbranched alkanes of at least 4 members (excludes halogenated alkanes) is 2. The molecule has 21 heavy (non-hydrogen) atoms. The molecule has 0 saturated carbocycles. The fourth-order valence-corrected chi connectivity index (χ4v) is 1.50. The average molecular weight is 304 g/mol. The zero-order valence-corrected chi connectivity index (χ0v) is 13.5. The van der Waals surface area contributed by atoms with Crippen molar-refractivity contribution in [2.75, 3.05) is 66.1 Å². The van der Waals surface area contributed by atoms with Crippen molar-refractivity contribution in [2.45, 2.75) is 26.2 Å². The van der Waals surface area contributed by atoms with E-state index in [0.717, 1.165) is 13.0 Å². The molecule has 0 aromatic carbocycles. The first-order chi connectivity index (χ1) is 10.4. The summed E-state index contributed by atoms with van der Waals surface area (Å²) in [6.45, 7) is 12.0. The molecular weight excluding hydrogens is 272 g/mol. The Morgan fingerprint density at radius 2 is 1.05 bits per heavy atom. The van der Waals surface area contributed by atoms with Gasteiger partial charge in [-0.05, 0) is 6.42 Å². The zero-order chi connectivity index (χ0) is 15.4. The second-order valence-electron chi connectivity index (χ2n) is 4.52. The van der Waals surface area contributed by atoms with Gasteiger partial charge in [0.05, 0.1) is 59.5 Å². The topological polar surface area (TPSA) is 46.2 Å². The summed E-state index contributed by atoms with van der Waals surface area (Å²) in [5.41, 5.74) is 0. The summed E-state index contributed by atoms with van der Waals surface area (Å²) in [4.78, 5) is 0. The molecule has 5 nitrogen and oxygen atoms in total. The van der Waals surface area contributed by atoms with Gasteiger partial charge in [0.2, 0.25) is 0 Å². The van der Waals surface area contributed by atoms with Gasteiger partial charge in [0.1, 0.15) is 0 Å². The molecule has 0 aliphatic carbocycles. The molecule has 0 heterocycles. The highest BCUT2D eigenvalue weighted by Crippen LogP contribution is 1.93. The fraction of sp³-hybridized carbons (Fsp3) is 0.875. The van der Waals surface area contributed by atoms with E-state index >= 15 is 0 Å². The minimum absolute atomic E-state index is 0.569. The van der Waals surface area contributed by atoms with Crippen LogP contribution in [0.25, 0.3) is 0 Å². The molecule has 0 saturated heterocycles. The van der Waals surface area contributed by atoms with Crippen molar-refractivity contribution in [3.8, 4) is 0 Å². The first-order valence-corrected chi connectivity index (χ1v) is 7.91. The summed E-state index contributed by atoms with van der Waals surface area (Å²) < 4.78 is 26.7. The molecule has 0 N–H and O–H groups in total. The lowest BCUT2D eigenvalue weighted by atomic mass is 10.3. The Bertz CT molecular complexity index is 199. The van der Waals surface area contributed by atoms with Gasteiger partial charge >= 0.3 is 0 Å². The van der Waals surface area contributed by atoms with Gasteiger partial charge in [-0.1, -0.05) is 25.8 Å². The van der Waals surface area contributed by atoms with Gasteiger partial charge in [0, 0.05) is 6.61 Å². The van der Waals surface area contributed by atoms with E-state index in [0.29, 0.717) is 59.5 Å². The highest BCUT2D eigenvalue weighted by molar-refractivity contribution is 4.63. The van der Waals surface area contributed by atoms with Crippen LogP contribution >= 0.6 is 0 Å². The Labute approximate surface area is 129 Å². The molecule has 0 aromatic rings. The van der Waals surface area contributed by atoms with Crippen molar-refractivity contribution in [1.82, 2.24) is 0 Å². The van der Waals surface area contributed by atoms with Gasteiger partial charge in [-0.25, -0.2) is 0 Å². The molecule has 126 valence electrons. The maximum Gasteiger partial charge on any atom is 0.0704 e. The molecule has 0 rings (SSSR count). The smallest absolute Gasteiger partial charge is 0.0704 e. The normalized spacial score (nSPS) is 10.9. The third-order valence-electron chi connectivity index (χ3n) is 2.62. The Morgan fingerprint density at radius 3 is 1.48 bits per heavy atom. The van der Waals surface area contributed by atoms with Gasteiger partial charge in [0.25, 0.3) is 0 Å². The van der Waals surface area contributed by atoms with Crippen molar-refractivity contribution in [3.05, 3.63) is 12.7 Å². The lowest BCUT2D eigenvalue weighted by molar-refractivity contribution is -0.00957. The van der Waals surface area contributed by atoms with Crippen molar-refractivity contribution in [1.29, 1.82) is 0 Å². The fourth-order valence-electron chi connectivity index (χ4n) is 1.50. The van der Waals surface area contributed by atoms with Crippen LogP contribution < -0.4 is 0 Å². The van der Waals surface area contributed by atoms with E-state index in [2.05, 4.69) is 13.5 Å². The van der Waals surface area contributed by atoms with Crippen LogP contribution in [-0.2, 0) is 23.7 Å². The molecule has 0 bridgehead atoms. The predicted octanol–water partition coefficient (Wildman–Crippen LogP) is 2.45. The maximum atomic E-state index is 5.43. The van der Waals surface area contributed by atoms with Crippen LogP contribution in [0.2, 0.25) is 0 Å². The van der Waals surface area contributed by atoms with Crippen molar-refractivity contribution in [2.24, 2.45) is 0 Å². The van der Waals surface area contributed by atoms with E-state index in [1.807, 2.05) is 0 Å². The van der Waals surface area contributed by atoms with Crippen LogP contribution in [0, 0.1) is 0 Å². The van der Waals surface area contributed by atoms with E-state index in [1.54, 1.807) is 6.08 Å². The highest BCUT2D eigenvalue weighted by Gasteiger charge is 1.93. The van der Waals surface area contributed by atoms with Gasteiger partial charge < -0.3 is 23.7 Å². The largest absolute Gasteiger partial charge is 0.379 e. The molecule has 0 unspecified atom stereocenters. The molecule has 0 aliphatic rings. The Balaban J connectivity index is 2.91. The SMILES string of the molecule is C=CCOCCOCCOCCOCCOCCCCC. The van der Waals surface area contributed by atoms with Gasteiger partial charge in [-0.2, -0.15) is 0 Å². The molecule has 0 radical (unpaired) electrons. The summed E-state index contributed by atoms with van der Waals surface area (Å²) in [5, 5.41) is 0. The average Bonchev–Trinajstić information content (AvgIpc) is 2.50. The van der Waals surface area contributed by atoms with Gasteiger partial charge in [-0.15, -0.1) is 6.58 Å². The summed E-state index contributed by atoms with van der Waals surface area (Å²) in [5.74, 6) is 0. The van der Waals surface area contributed by atoms with E-state index in [1.165, 1.54) is 12.8 Å². The number of ether oxygens (including phenoxy) is 5. The first-order valence-electron chi connectivity index (χ1n) is 7.91. The van der Waals surface area contributed by atoms with Crippen LogP contribution in [0.15, 0.2) is 12.7 Å². The minimum Gasteiger partial charge on any atom is -0.379 e. The molecule has 0 aromatic heterocycles. The van der Waals surface area contributed by atoms with E-state index < -0.39 is 0 Å². The lowest BCUT2D eigenvalue weighted by Gasteiger charge is -2.07. The minimum atomic E-state index is 0.569. The molecule has 0 aliphatic heterocycles. The summed E-state index contributed by atoms with van der Waals surface area (Å²) in [7, 11) is 0. The quantitative estimate of drug-likeness (QED) is 0.287. The van der Waals surface area contributed by atoms with Crippen LogP contribution in [0.3, 0.4) is 0 Å². The van der Waals surface area contributed by atoms with Gasteiger partial charge in [0.15, 0.2) is 0 Å². The van der Waals surface area contributed by atoms with Crippen molar-refractivity contribution < 1.29 is 23.7 Å². The molecular formula is C16H32O5. The molecule has 0 atom stereocenters. The third kappa shape index (κ3) is 19.5. The molecule has 0 amide bonds. The summed E-state index contributed by atoms with van der Waals surface area (Å²) in [6.07, 6.45) is 5.32. The van der Waals surface area contributed by atoms with Crippen LogP contribution in [0.5, 0.6) is 0 Å². The maximum absolute atomic E-state index is 5.43. The third-order valence-corrected chi connectivity index (χ3v) is 2.62. The lowest BCUT2D eigenvalue weighted by Crippen LogP contribution is -2.13. The second-order valence-corrected chi connectivity index (χ2v) is 4.52. The number of hydrogen-bond acceptors (Lipinski definition) is 5. The first kappa shape index (κ1) is 20.5.